The van der Waals surface area contributed by atoms with E-state index in [0.29, 0.717) is 0 Å². The van der Waals surface area contributed by atoms with E-state index in [9.17, 15) is 0 Å². The summed E-state index contributed by atoms with van der Waals surface area (Å²) in [6, 6.07) is 0.777. The summed E-state index contributed by atoms with van der Waals surface area (Å²) < 4.78 is 0. The zero-order valence-corrected chi connectivity index (χ0v) is 12.1. The third kappa shape index (κ3) is 4.07. The summed E-state index contributed by atoms with van der Waals surface area (Å²) >= 11 is 3.85. The summed E-state index contributed by atoms with van der Waals surface area (Å²) in [5, 5.41) is 0. The highest BCUT2D eigenvalue weighted by Gasteiger charge is 2.26. The summed E-state index contributed by atoms with van der Waals surface area (Å²) in [5.74, 6) is 0.886. The summed E-state index contributed by atoms with van der Waals surface area (Å²) in [6.45, 7) is 5.91. The van der Waals surface area contributed by atoms with E-state index in [-0.39, 0.29) is 0 Å². The van der Waals surface area contributed by atoms with E-state index >= 15 is 0 Å². The lowest BCUT2D eigenvalue weighted by Gasteiger charge is -2.36. The van der Waals surface area contributed by atoms with Gasteiger partial charge in [-0.3, -0.25) is 0 Å². The van der Waals surface area contributed by atoms with Gasteiger partial charge in [-0.2, -0.15) is 0 Å². The van der Waals surface area contributed by atoms with Crippen LogP contribution in [0.2, 0.25) is 0 Å². The van der Waals surface area contributed by atoms with Crippen LogP contribution < -0.4 is 0 Å². The van der Waals surface area contributed by atoms with Gasteiger partial charge in [-0.1, -0.05) is 55.5 Å². The highest BCUT2D eigenvalue weighted by atomic mass is 79.9. The van der Waals surface area contributed by atoms with Crippen LogP contribution in [0.4, 0.5) is 0 Å². The molecule has 0 aromatic rings. The largest absolute Gasteiger partial charge is 0.302 e. The van der Waals surface area contributed by atoms with E-state index in [0.717, 1.165) is 16.8 Å². The minimum Gasteiger partial charge on any atom is -0.302 e. The summed E-state index contributed by atoms with van der Waals surface area (Å²) in [7, 11) is 2.31. The molecule has 0 aliphatic heterocycles. The zero-order chi connectivity index (χ0) is 11.3. The van der Waals surface area contributed by atoms with Crippen molar-refractivity contribution in [1.29, 1.82) is 0 Å². The smallest absolute Gasteiger partial charge is 0.0301 e. The minimum atomic E-state index is 0.727. The standard InChI is InChI=1S/C13H26BrN/c1-4-11(5-2)10-15(3)13-9-7-6-8-12(13)14/h11-13H,4-10H2,1-3H3. The van der Waals surface area contributed by atoms with Crippen molar-refractivity contribution in [2.75, 3.05) is 13.6 Å². The molecule has 15 heavy (non-hydrogen) atoms. The van der Waals surface area contributed by atoms with Crippen molar-refractivity contribution in [2.45, 2.75) is 63.2 Å². The molecule has 1 aliphatic carbocycles. The molecule has 0 N–H and O–H groups in total. The highest BCUT2D eigenvalue weighted by molar-refractivity contribution is 9.09. The van der Waals surface area contributed by atoms with Gasteiger partial charge < -0.3 is 4.90 Å². The Bertz CT molecular complexity index is 168. The van der Waals surface area contributed by atoms with Crippen molar-refractivity contribution < 1.29 is 0 Å². The fourth-order valence-corrected chi connectivity index (χ4v) is 3.64. The molecule has 0 amide bonds. The van der Waals surface area contributed by atoms with Gasteiger partial charge in [0.2, 0.25) is 0 Å². The van der Waals surface area contributed by atoms with Gasteiger partial charge in [-0.15, -0.1) is 0 Å². The Labute approximate surface area is 104 Å². The monoisotopic (exact) mass is 275 g/mol. The SMILES string of the molecule is CCC(CC)CN(C)C1CCCCC1Br. The number of halogens is 1. The quantitative estimate of drug-likeness (QED) is 0.684. The summed E-state index contributed by atoms with van der Waals surface area (Å²) in [6.07, 6.45) is 8.21. The van der Waals surface area contributed by atoms with Crippen molar-refractivity contribution in [3.63, 3.8) is 0 Å². The first-order valence-electron chi connectivity index (χ1n) is 6.53. The molecular formula is C13H26BrN. The third-order valence-electron chi connectivity index (χ3n) is 3.91. The van der Waals surface area contributed by atoms with Crippen LogP contribution in [0.25, 0.3) is 0 Å². The predicted octanol–water partition coefficient (Wildman–Crippen LogP) is 4.06. The Morgan fingerprint density at radius 3 is 2.33 bits per heavy atom. The van der Waals surface area contributed by atoms with Gasteiger partial charge >= 0.3 is 0 Å². The van der Waals surface area contributed by atoms with Gasteiger partial charge in [-0.25, -0.2) is 0 Å². The first-order valence-corrected chi connectivity index (χ1v) is 7.44. The Balaban J connectivity index is 2.40. The number of hydrogen-bond donors (Lipinski definition) is 0. The lowest BCUT2D eigenvalue weighted by Crippen LogP contribution is -2.42. The van der Waals surface area contributed by atoms with Crippen LogP contribution in [0, 0.1) is 5.92 Å². The maximum Gasteiger partial charge on any atom is 0.0301 e. The molecule has 1 rings (SSSR count). The zero-order valence-electron chi connectivity index (χ0n) is 10.5. The molecular weight excluding hydrogens is 250 g/mol. The van der Waals surface area contributed by atoms with Gasteiger partial charge in [0.25, 0.3) is 0 Å². The predicted molar refractivity (Wildman–Crippen MR) is 71.7 cm³/mol. The molecule has 0 spiro atoms. The van der Waals surface area contributed by atoms with Crippen LogP contribution >= 0.6 is 15.9 Å². The molecule has 0 aromatic heterocycles. The Morgan fingerprint density at radius 2 is 1.80 bits per heavy atom. The number of hydrogen-bond acceptors (Lipinski definition) is 1. The lowest BCUT2D eigenvalue weighted by atomic mass is 9.93. The average molecular weight is 276 g/mol. The Morgan fingerprint density at radius 1 is 1.20 bits per heavy atom. The molecule has 0 radical (unpaired) electrons. The van der Waals surface area contributed by atoms with Crippen LogP contribution in [0.15, 0.2) is 0 Å². The van der Waals surface area contributed by atoms with Crippen LogP contribution in [0.1, 0.15) is 52.4 Å². The number of rotatable bonds is 5. The molecule has 0 bridgehead atoms. The van der Waals surface area contributed by atoms with Gasteiger partial charge in [0.1, 0.15) is 0 Å². The van der Waals surface area contributed by atoms with E-state index < -0.39 is 0 Å². The highest BCUT2D eigenvalue weighted by Crippen LogP contribution is 2.28. The second-order valence-electron chi connectivity index (χ2n) is 4.99. The molecule has 0 aromatic carbocycles. The second kappa shape index (κ2) is 6.90. The van der Waals surface area contributed by atoms with Crippen molar-refractivity contribution >= 4 is 15.9 Å². The summed E-state index contributed by atoms with van der Waals surface area (Å²) in [5.41, 5.74) is 0. The first-order chi connectivity index (χ1) is 7.19. The molecule has 1 nitrogen and oxygen atoms in total. The molecule has 2 unspecified atom stereocenters. The molecule has 0 saturated heterocycles. The normalized spacial score (nSPS) is 27.6. The van der Waals surface area contributed by atoms with E-state index in [1.165, 1.54) is 45.1 Å². The lowest BCUT2D eigenvalue weighted by molar-refractivity contribution is 0.169. The Kier molecular flexibility index (Phi) is 6.21. The topological polar surface area (TPSA) is 3.24 Å². The summed E-state index contributed by atoms with van der Waals surface area (Å²) in [4.78, 5) is 3.32. The number of nitrogens with zero attached hydrogens (tertiary/aromatic N) is 1. The molecule has 0 heterocycles. The molecule has 1 aliphatic rings. The number of alkyl halides is 1. The van der Waals surface area contributed by atoms with Crippen LogP contribution in [0.3, 0.4) is 0 Å². The minimum absolute atomic E-state index is 0.727. The Hall–Kier alpha value is 0.440. The maximum atomic E-state index is 3.85. The van der Waals surface area contributed by atoms with E-state index in [1.54, 1.807) is 0 Å². The van der Waals surface area contributed by atoms with E-state index in [4.69, 9.17) is 0 Å². The van der Waals surface area contributed by atoms with Gasteiger partial charge in [0.05, 0.1) is 0 Å². The average Bonchev–Trinajstić information content (AvgIpc) is 2.26. The van der Waals surface area contributed by atoms with Gasteiger partial charge in [0.15, 0.2) is 0 Å². The molecule has 1 saturated carbocycles. The van der Waals surface area contributed by atoms with Crippen molar-refractivity contribution in [3.05, 3.63) is 0 Å². The molecule has 1 fully saturated rings. The van der Waals surface area contributed by atoms with Crippen molar-refractivity contribution in [1.82, 2.24) is 4.90 Å². The van der Waals surface area contributed by atoms with Crippen LogP contribution in [-0.2, 0) is 0 Å². The first kappa shape index (κ1) is 13.5. The van der Waals surface area contributed by atoms with Gasteiger partial charge in [0, 0.05) is 17.4 Å². The van der Waals surface area contributed by atoms with Crippen molar-refractivity contribution in [3.8, 4) is 0 Å². The van der Waals surface area contributed by atoms with Crippen LogP contribution in [0.5, 0.6) is 0 Å². The van der Waals surface area contributed by atoms with E-state index in [1.807, 2.05) is 0 Å². The molecule has 2 heteroatoms. The van der Waals surface area contributed by atoms with Gasteiger partial charge in [-0.05, 0) is 25.8 Å². The third-order valence-corrected chi connectivity index (χ3v) is 4.98. The maximum absolute atomic E-state index is 3.85. The second-order valence-corrected chi connectivity index (χ2v) is 6.17. The molecule has 2 atom stereocenters. The molecule has 90 valence electrons. The fourth-order valence-electron chi connectivity index (χ4n) is 2.65. The van der Waals surface area contributed by atoms with Crippen molar-refractivity contribution in [2.24, 2.45) is 5.92 Å². The fraction of sp³-hybridized carbons (Fsp3) is 1.00. The van der Waals surface area contributed by atoms with Crippen LogP contribution in [-0.4, -0.2) is 29.4 Å². The van der Waals surface area contributed by atoms with E-state index in [2.05, 4.69) is 41.7 Å².